The van der Waals surface area contributed by atoms with Crippen LogP contribution < -0.4 is 24.4 Å². The van der Waals surface area contributed by atoms with Crippen LogP contribution in [0, 0.1) is 0 Å². The van der Waals surface area contributed by atoms with Gasteiger partial charge in [-0.25, -0.2) is 15.0 Å². The molecule has 2 aliphatic rings. The average molecular weight is 604 g/mol. The minimum Gasteiger partial charge on any atom is -0.497 e. The number of aromatic nitrogens is 4. The van der Waals surface area contributed by atoms with E-state index in [0.717, 1.165) is 11.1 Å². The van der Waals surface area contributed by atoms with Crippen LogP contribution in [0.4, 0.5) is 5.82 Å². The molecular formula is C30H33N7O7. The largest absolute Gasteiger partial charge is 0.497 e. The smallest absolute Gasteiger partial charge is 0.245 e. The number of nitrogens with zero attached hydrogens (tertiary/aromatic N) is 6. The van der Waals surface area contributed by atoms with E-state index in [1.165, 1.54) is 12.7 Å². The lowest BCUT2D eigenvalue weighted by atomic mass is 10.0. The van der Waals surface area contributed by atoms with E-state index in [2.05, 4.69) is 25.3 Å². The summed E-state index contributed by atoms with van der Waals surface area (Å²) in [7, 11) is 5.26. The summed E-state index contributed by atoms with van der Waals surface area (Å²) in [6.07, 6.45) is 1.68. The van der Waals surface area contributed by atoms with Gasteiger partial charge in [-0.1, -0.05) is 12.1 Å². The Kier molecular flexibility index (Phi) is 8.28. The third-order valence-corrected chi connectivity index (χ3v) is 7.59. The molecular weight excluding hydrogens is 570 g/mol. The highest BCUT2D eigenvalue weighted by molar-refractivity contribution is 5.88. The van der Waals surface area contributed by atoms with Crippen molar-refractivity contribution in [1.29, 1.82) is 0 Å². The molecule has 14 nitrogen and oxygen atoms in total. The number of fused-ring (bicyclic) bond motifs is 2. The predicted octanol–water partition coefficient (Wildman–Crippen LogP) is 1.10. The van der Waals surface area contributed by atoms with Gasteiger partial charge in [-0.3, -0.25) is 14.4 Å². The van der Waals surface area contributed by atoms with Gasteiger partial charge in [0.2, 0.25) is 12.7 Å². The lowest BCUT2D eigenvalue weighted by molar-refractivity contribution is -0.124. The molecule has 1 amide bonds. The van der Waals surface area contributed by atoms with Crippen molar-refractivity contribution in [2.45, 2.75) is 36.9 Å². The number of ether oxygens (including phenoxy) is 4. The summed E-state index contributed by atoms with van der Waals surface area (Å²) >= 11 is 0. The van der Waals surface area contributed by atoms with E-state index in [4.69, 9.17) is 18.9 Å². The number of carbonyl (C=O) groups excluding carboxylic acids is 1. The molecule has 44 heavy (non-hydrogen) atoms. The van der Waals surface area contributed by atoms with Crippen LogP contribution in [0.15, 0.2) is 60.1 Å². The maximum atomic E-state index is 13.8. The summed E-state index contributed by atoms with van der Waals surface area (Å²) in [4.78, 5) is 33.3. The average Bonchev–Trinajstić information content (AvgIpc) is 3.76. The standard InChI is InChI=1S/C30H33N7O7/c1-36(2)27-25-28(33-14-32-27)37(15-34-25)30-26(39)24(23(13-38)44-30)35-29(40)20(10-17-4-7-19(41-3)8-5-17)31-12-18-6-9-21-22(11-18)43-16-42-21/h4-9,11-12,14-15,20,23-24,26,30,38-39H,10,13,16H2,1-3H3,(H,35,40)/t20-,23+,24-,26-,30+/m1/s1. The summed E-state index contributed by atoms with van der Waals surface area (Å²) in [5, 5.41) is 24.4. The van der Waals surface area contributed by atoms with Crippen molar-refractivity contribution in [3.05, 3.63) is 66.2 Å². The molecule has 0 aliphatic carbocycles. The van der Waals surface area contributed by atoms with E-state index < -0.39 is 43.0 Å². The maximum absolute atomic E-state index is 13.8. The molecule has 4 aromatic rings. The van der Waals surface area contributed by atoms with Crippen molar-refractivity contribution in [2.24, 2.45) is 4.99 Å². The van der Waals surface area contributed by atoms with Crippen LogP contribution >= 0.6 is 0 Å². The number of aliphatic hydroxyl groups excluding tert-OH is 2. The Balaban J connectivity index is 1.25. The highest BCUT2D eigenvalue weighted by Crippen LogP contribution is 2.34. The summed E-state index contributed by atoms with van der Waals surface area (Å²) in [5.41, 5.74) is 2.56. The quantitative estimate of drug-likeness (QED) is 0.222. The molecule has 6 rings (SSSR count). The number of anilines is 1. The first kappa shape index (κ1) is 29.3. The number of methoxy groups -OCH3 is 1. The fraction of sp³-hybridized carbons (Fsp3) is 0.367. The van der Waals surface area contributed by atoms with Gasteiger partial charge in [0, 0.05) is 26.7 Å². The van der Waals surface area contributed by atoms with Crippen LogP contribution in [0.5, 0.6) is 17.2 Å². The van der Waals surface area contributed by atoms with Gasteiger partial charge < -0.3 is 39.4 Å². The van der Waals surface area contributed by atoms with Crippen molar-refractivity contribution in [1.82, 2.24) is 24.8 Å². The van der Waals surface area contributed by atoms with Gasteiger partial charge in [0.25, 0.3) is 0 Å². The minimum atomic E-state index is -1.23. The zero-order chi connectivity index (χ0) is 30.8. The van der Waals surface area contributed by atoms with Gasteiger partial charge in [0.05, 0.1) is 26.1 Å². The van der Waals surface area contributed by atoms with Crippen molar-refractivity contribution in [3.63, 3.8) is 0 Å². The predicted molar refractivity (Wildman–Crippen MR) is 159 cm³/mol. The summed E-state index contributed by atoms with van der Waals surface area (Å²) in [6.45, 7) is -0.289. The Bertz CT molecular complexity index is 1660. The first-order valence-electron chi connectivity index (χ1n) is 14.0. The molecule has 0 saturated carbocycles. The van der Waals surface area contributed by atoms with E-state index >= 15 is 0 Å². The maximum Gasteiger partial charge on any atom is 0.245 e. The second kappa shape index (κ2) is 12.4. The molecule has 5 atom stereocenters. The normalized spacial score (nSPS) is 21.6. The topological polar surface area (TPSA) is 166 Å². The van der Waals surface area contributed by atoms with E-state index in [1.54, 1.807) is 34.9 Å². The highest BCUT2D eigenvalue weighted by Gasteiger charge is 2.46. The van der Waals surface area contributed by atoms with Crippen molar-refractivity contribution in [3.8, 4) is 17.2 Å². The number of aliphatic imine (C=N–C) groups is 1. The number of aliphatic hydroxyl groups is 2. The van der Waals surface area contributed by atoms with Crippen molar-refractivity contribution >= 4 is 29.1 Å². The van der Waals surface area contributed by atoms with Gasteiger partial charge in [0.15, 0.2) is 34.7 Å². The fourth-order valence-electron chi connectivity index (χ4n) is 5.29. The second-order valence-corrected chi connectivity index (χ2v) is 10.6. The van der Waals surface area contributed by atoms with Crippen LogP contribution in [0.1, 0.15) is 17.4 Å². The number of carbonyl (C=O) groups is 1. The molecule has 230 valence electrons. The lowest BCUT2D eigenvalue weighted by Gasteiger charge is -2.23. The third-order valence-electron chi connectivity index (χ3n) is 7.59. The number of benzene rings is 2. The molecule has 0 unspecified atom stereocenters. The number of amides is 1. The van der Waals surface area contributed by atoms with Gasteiger partial charge in [-0.2, -0.15) is 0 Å². The number of hydrogen-bond donors (Lipinski definition) is 3. The summed E-state index contributed by atoms with van der Waals surface area (Å²) in [5.74, 6) is 2.09. The molecule has 2 aliphatic heterocycles. The van der Waals surface area contributed by atoms with Crippen LogP contribution in [0.25, 0.3) is 11.2 Å². The minimum absolute atomic E-state index is 0.149. The van der Waals surface area contributed by atoms with E-state index in [1.807, 2.05) is 44.4 Å². The molecule has 0 bridgehead atoms. The van der Waals surface area contributed by atoms with Crippen LogP contribution in [-0.2, 0) is 16.0 Å². The Morgan fingerprint density at radius 3 is 2.73 bits per heavy atom. The van der Waals surface area contributed by atoms with Crippen LogP contribution in [-0.4, -0.2) is 101 Å². The molecule has 0 spiro atoms. The van der Waals surface area contributed by atoms with Gasteiger partial charge in [-0.05, 0) is 41.5 Å². The first-order valence-corrected chi connectivity index (χ1v) is 14.0. The highest BCUT2D eigenvalue weighted by atomic mass is 16.7. The molecule has 0 radical (unpaired) electrons. The number of imidazole rings is 1. The van der Waals surface area contributed by atoms with Gasteiger partial charge in [-0.15, -0.1) is 0 Å². The van der Waals surface area contributed by atoms with E-state index in [0.29, 0.717) is 34.2 Å². The molecule has 14 heteroatoms. The third kappa shape index (κ3) is 5.74. The Morgan fingerprint density at radius 2 is 1.98 bits per heavy atom. The fourth-order valence-corrected chi connectivity index (χ4v) is 5.29. The summed E-state index contributed by atoms with van der Waals surface area (Å²) < 4.78 is 23.7. The van der Waals surface area contributed by atoms with E-state index in [9.17, 15) is 15.0 Å². The molecule has 3 N–H and O–H groups in total. The zero-order valence-corrected chi connectivity index (χ0v) is 24.4. The SMILES string of the molecule is COc1ccc(C[C@@H](N=Cc2ccc3c(c2)OCO3)C(=O)N[C@H]2[C@@H](O)[C@@H](n3cnc4c(N(C)C)ncnc43)O[C@H]2CO)cc1. The molecule has 1 saturated heterocycles. The molecule has 1 fully saturated rings. The molecule has 2 aromatic heterocycles. The number of rotatable bonds is 10. The Hall–Kier alpha value is -4.79. The molecule has 4 heterocycles. The van der Waals surface area contributed by atoms with Gasteiger partial charge in [0.1, 0.15) is 30.3 Å². The van der Waals surface area contributed by atoms with Crippen molar-refractivity contribution in [2.75, 3.05) is 39.5 Å². The monoisotopic (exact) mass is 603 g/mol. The first-order chi connectivity index (χ1) is 21.4. The van der Waals surface area contributed by atoms with Gasteiger partial charge >= 0.3 is 0 Å². The Labute approximate surface area is 252 Å². The van der Waals surface area contributed by atoms with E-state index in [-0.39, 0.29) is 13.2 Å². The van der Waals surface area contributed by atoms with Crippen LogP contribution in [0.3, 0.4) is 0 Å². The lowest BCUT2D eigenvalue weighted by Crippen LogP contribution is -2.51. The van der Waals surface area contributed by atoms with Crippen molar-refractivity contribution < 1.29 is 34.0 Å². The number of nitrogens with one attached hydrogen (secondary N) is 1. The van der Waals surface area contributed by atoms with Crippen LogP contribution in [0.2, 0.25) is 0 Å². The second-order valence-electron chi connectivity index (χ2n) is 10.6. The Morgan fingerprint density at radius 1 is 1.18 bits per heavy atom. The molecule has 2 aromatic carbocycles. The summed E-state index contributed by atoms with van der Waals surface area (Å²) in [6, 6.07) is 10.9. The zero-order valence-electron chi connectivity index (χ0n) is 24.4. The number of hydrogen-bond acceptors (Lipinski definition) is 12.